The summed E-state index contributed by atoms with van der Waals surface area (Å²) in [4.78, 5) is 0. The number of halogens is 2. The lowest BCUT2D eigenvalue weighted by Gasteiger charge is -2.15. The maximum Gasteiger partial charge on any atom is 0.175 e. The lowest BCUT2D eigenvalue weighted by atomic mass is 10.0. The van der Waals surface area contributed by atoms with Gasteiger partial charge in [-0.25, -0.2) is 0 Å². The molecule has 3 rings (SSSR count). The first kappa shape index (κ1) is 22.2. The van der Waals surface area contributed by atoms with Crippen LogP contribution in [0, 0.1) is 21.8 Å². The van der Waals surface area contributed by atoms with Gasteiger partial charge in [-0.15, -0.1) is 0 Å². The molecule has 0 aliphatic heterocycles. The fourth-order valence-electron chi connectivity index (χ4n) is 2.92. The van der Waals surface area contributed by atoms with E-state index in [0.29, 0.717) is 35.3 Å². The first-order chi connectivity index (χ1) is 14.5. The van der Waals surface area contributed by atoms with E-state index in [9.17, 15) is 5.26 Å². The van der Waals surface area contributed by atoms with E-state index in [4.69, 9.17) is 21.1 Å². The second-order valence-electron chi connectivity index (χ2n) is 6.68. The molecule has 0 N–H and O–H groups in total. The van der Waals surface area contributed by atoms with E-state index in [0.717, 1.165) is 25.8 Å². The van der Waals surface area contributed by atoms with E-state index in [1.165, 1.54) is 0 Å². The van der Waals surface area contributed by atoms with Crippen molar-refractivity contribution in [3.8, 4) is 17.6 Å². The van der Waals surface area contributed by atoms with Gasteiger partial charge in [0.05, 0.1) is 21.8 Å². The average Bonchev–Trinajstić information content (AvgIpc) is 2.73. The minimum atomic E-state index is 0.345. The Hall–Kier alpha value is -2.49. The van der Waals surface area contributed by atoms with Crippen molar-refractivity contribution in [3.05, 3.63) is 91.5 Å². The van der Waals surface area contributed by atoms with Gasteiger partial charge in [0, 0.05) is 10.6 Å². The predicted octanol–water partition coefficient (Wildman–Crippen LogP) is 7.29. The Bertz CT molecular complexity index is 1100. The third-order valence-corrected chi connectivity index (χ3v) is 5.63. The molecule has 0 radical (unpaired) electrons. The van der Waals surface area contributed by atoms with Gasteiger partial charge in [-0.05, 0) is 71.8 Å². The van der Waals surface area contributed by atoms with Gasteiger partial charge >= 0.3 is 0 Å². The molecule has 5 heteroatoms. The molecule has 30 heavy (non-hydrogen) atoms. The zero-order chi connectivity index (χ0) is 21.5. The molecule has 152 valence electrons. The summed E-state index contributed by atoms with van der Waals surface area (Å²) >= 11 is 8.48. The number of nitriles is 1. The summed E-state index contributed by atoms with van der Waals surface area (Å²) in [5, 5.41) is 10.3. The first-order valence-electron chi connectivity index (χ1n) is 9.53. The molecule has 0 bridgehead atoms. The highest BCUT2D eigenvalue weighted by Crippen LogP contribution is 2.36. The molecule has 0 saturated heterocycles. The van der Waals surface area contributed by atoms with Gasteiger partial charge in [0.25, 0.3) is 0 Å². The van der Waals surface area contributed by atoms with Crippen LogP contribution < -0.4 is 9.47 Å². The van der Waals surface area contributed by atoms with Gasteiger partial charge in [0.1, 0.15) is 6.61 Å². The van der Waals surface area contributed by atoms with Gasteiger partial charge in [-0.1, -0.05) is 59.6 Å². The number of aryl methyl sites for hydroxylation is 1. The van der Waals surface area contributed by atoms with Crippen LogP contribution in [0.1, 0.15) is 29.2 Å². The van der Waals surface area contributed by atoms with Crippen molar-refractivity contribution in [2.75, 3.05) is 6.61 Å². The van der Waals surface area contributed by atoms with E-state index in [2.05, 4.69) is 28.7 Å². The first-order valence-corrected chi connectivity index (χ1v) is 11.0. The van der Waals surface area contributed by atoms with E-state index < -0.39 is 0 Å². The molecule has 3 nitrogen and oxygen atoms in total. The van der Waals surface area contributed by atoms with Gasteiger partial charge in [-0.3, -0.25) is 0 Å². The topological polar surface area (TPSA) is 42.2 Å². The largest absolute Gasteiger partial charge is 0.490 e. The van der Waals surface area contributed by atoms with Crippen molar-refractivity contribution >= 4 is 45.8 Å². The third kappa shape index (κ3) is 5.56. The molecule has 0 aromatic heterocycles. The lowest BCUT2D eigenvalue weighted by Crippen LogP contribution is -2.02. The van der Waals surface area contributed by atoms with Crippen molar-refractivity contribution in [2.45, 2.75) is 20.5 Å². The highest BCUT2D eigenvalue weighted by atomic mass is 127. The van der Waals surface area contributed by atoms with Crippen LogP contribution in [-0.4, -0.2) is 6.61 Å². The van der Waals surface area contributed by atoms with Crippen molar-refractivity contribution in [3.63, 3.8) is 0 Å². The SMILES string of the molecule is CCOc1cc(/C=C(/C#N)c2ccc(C)cc2)cc(I)c1OCc1ccccc1Cl. The number of benzene rings is 3. The standard InChI is InChI=1S/C25H21ClINO2/c1-3-29-24-14-18(12-21(15-28)19-10-8-17(2)9-11-19)13-23(27)25(24)30-16-20-6-4-5-7-22(20)26/h4-14H,3,16H2,1-2H3/b21-12-. The Kier molecular flexibility index (Phi) is 7.78. The van der Waals surface area contributed by atoms with Crippen LogP contribution in [0.25, 0.3) is 11.6 Å². The van der Waals surface area contributed by atoms with E-state index in [1.807, 2.05) is 80.6 Å². The molecular formula is C25H21ClINO2. The number of allylic oxidation sites excluding steroid dienone is 1. The van der Waals surface area contributed by atoms with Gasteiger partial charge in [0.15, 0.2) is 11.5 Å². The number of rotatable bonds is 7. The maximum absolute atomic E-state index is 9.65. The van der Waals surface area contributed by atoms with Crippen LogP contribution in [0.15, 0.2) is 60.7 Å². The summed E-state index contributed by atoms with van der Waals surface area (Å²) in [6.45, 7) is 4.81. The highest BCUT2D eigenvalue weighted by Gasteiger charge is 2.13. The minimum absolute atomic E-state index is 0.345. The number of ether oxygens (including phenoxy) is 2. The third-order valence-electron chi connectivity index (χ3n) is 4.46. The molecule has 0 fully saturated rings. The van der Waals surface area contributed by atoms with Gasteiger partial charge < -0.3 is 9.47 Å². The molecule has 0 unspecified atom stereocenters. The molecular weight excluding hydrogens is 509 g/mol. The molecule has 0 amide bonds. The monoisotopic (exact) mass is 529 g/mol. The zero-order valence-electron chi connectivity index (χ0n) is 16.8. The van der Waals surface area contributed by atoms with E-state index in [-0.39, 0.29) is 0 Å². The van der Waals surface area contributed by atoms with Crippen molar-refractivity contribution < 1.29 is 9.47 Å². The summed E-state index contributed by atoms with van der Waals surface area (Å²) in [6, 6.07) is 21.7. The quantitative estimate of drug-likeness (QED) is 0.183. The van der Waals surface area contributed by atoms with E-state index >= 15 is 0 Å². The van der Waals surface area contributed by atoms with Gasteiger partial charge in [-0.2, -0.15) is 5.26 Å². The molecule has 0 aliphatic carbocycles. The Labute approximate surface area is 196 Å². The van der Waals surface area contributed by atoms with Gasteiger partial charge in [0.2, 0.25) is 0 Å². The molecule has 0 aliphatic rings. The van der Waals surface area contributed by atoms with Crippen LogP contribution in [0.5, 0.6) is 11.5 Å². The summed E-state index contributed by atoms with van der Waals surface area (Å²) < 4.78 is 12.8. The second-order valence-corrected chi connectivity index (χ2v) is 8.25. The Balaban J connectivity index is 1.93. The van der Waals surface area contributed by atoms with Crippen molar-refractivity contribution in [1.82, 2.24) is 0 Å². The number of hydrogen-bond donors (Lipinski definition) is 0. The van der Waals surface area contributed by atoms with Crippen LogP contribution in [-0.2, 0) is 6.61 Å². The number of nitrogens with zero attached hydrogens (tertiary/aromatic N) is 1. The predicted molar refractivity (Wildman–Crippen MR) is 131 cm³/mol. The second kappa shape index (κ2) is 10.5. The summed E-state index contributed by atoms with van der Waals surface area (Å²) in [7, 11) is 0. The van der Waals surface area contributed by atoms with Crippen LogP contribution in [0.3, 0.4) is 0 Å². The molecule has 3 aromatic rings. The summed E-state index contributed by atoms with van der Waals surface area (Å²) in [5.74, 6) is 1.31. The molecule has 0 spiro atoms. The smallest absolute Gasteiger partial charge is 0.175 e. The minimum Gasteiger partial charge on any atom is -0.490 e. The Morgan fingerprint density at radius 2 is 1.83 bits per heavy atom. The average molecular weight is 530 g/mol. The van der Waals surface area contributed by atoms with Crippen molar-refractivity contribution in [1.29, 1.82) is 5.26 Å². The fraction of sp³-hybridized carbons (Fsp3) is 0.160. The van der Waals surface area contributed by atoms with Crippen LogP contribution >= 0.6 is 34.2 Å². The van der Waals surface area contributed by atoms with Crippen LogP contribution in [0.4, 0.5) is 0 Å². The zero-order valence-corrected chi connectivity index (χ0v) is 19.7. The maximum atomic E-state index is 9.65. The molecule has 3 aromatic carbocycles. The number of hydrogen-bond acceptors (Lipinski definition) is 3. The Morgan fingerprint density at radius 1 is 1.10 bits per heavy atom. The molecule has 0 atom stereocenters. The molecule has 0 heterocycles. The van der Waals surface area contributed by atoms with E-state index in [1.54, 1.807) is 0 Å². The highest BCUT2D eigenvalue weighted by molar-refractivity contribution is 14.1. The summed E-state index contributed by atoms with van der Waals surface area (Å²) in [5.41, 5.74) is 4.43. The normalized spacial score (nSPS) is 11.1. The van der Waals surface area contributed by atoms with Crippen molar-refractivity contribution in [2.24, 2.45) is 0 Å². The lowest BCUT2D eigenvalue weighted by molar-refractivity contribution is 0.267. The summed E-state index contributed by atoms with van der Waals surface area (Å²) in [6.07, 6.45) is 1.87. The molecule has 0 saturated carbocycles. The Morgan fingerprint density at radius 3 is 2.50 bits per heavy atom. The van der Waals surface area contributed by atoms with Crippen LogP contribution in [0.2, 0.25) is 5.02 Å². The fourth-order valence-corrected chi connectivity index (χ4v) is 3.89.